The molecule has 1 aliphatic heterocycles. The monoisotopic (exact) mass is 380 g/mol. The van der Waals surface area contributed by atoms with Crippen LogP contribution in [0.25, 0.3) is 0 Å². The molecule has 8 nitrogen and oxygen atoms in total. The summed E-state index contributed by atoms with van der Waals surface area (Å²) in [5, 5.41) is 12.7. The van der Waals surface area contributed by atoms with Crippen LogP contribution in [0.1, 0.15) is 41.1 Å². The summed E-state index contributed by atoms with van der Waals surface area (Å²) < 4.78 is 9.33. The third kappa shape index (κ3) is 4.12. The first kappa shape index (κ1) is 18.4. The van der Waals surface area contributed by atoms with E-state index in [1.807, 2.05) is 59.2 Å². The Hall–Kier alpha value is -3.00. The van der Waals surface area contributed by atoms with Crippen LogP contribution in [0.5, 0.6) is 0 Å². The minimum atomic E-state index is -0.0266. The van der Waals surface area contributed by atoms with Gasteiger partial charge in [-0.3, -0.25) is 9.48 Å². The maximum absolute atomic E-state index is 12.6. The fourth-order valence-electron chi connectivity index (χ4n) is 3.36. The first-order valence-corrected chi connectivity index (χ1v) is 9.58. The number of ether oxygens (including phenoxy) is 1. The number of carbonyl (C=O) groups excluding carboxylic acids is 1. The second kappa shape index (κ2) is 8.35. The lowest BCUT2D eigenvalue weighted by molar-refractivity contribution is 0.0780. The molecule has 0 aliphatic carbocycles. The molecule has 1 aliphatic rings. The van der Waals surface area contributed by atoms with Crippen molar-refractivity contribution in [3.63, 3.8) is 0 Å². The molecule has 8 heteroatoms. The molecule has 1 saturated heterocycles. The highest BCUT2D eigenvalue weighted by Gasteiger charge is 2.29. The van der Waals surface area contributed by atoms with E-state index in [9.17, 15) is 4.79 Å². The SMILES string of the molecule is CCn1ccc(C(=O)N2CCC(n3cc(COCc4ccccc4)nn3)C2)n1. The van der Waals surface area contributed by atoms with Crippen molar-refractivity contribution in [3.05, 3.63) is 65.7 Å². The predicted octanol–water partition coefficient (Wildman–Crippen LogP) is 2.30. The van der Waals surface area contributed by atoms with Crippen LogP contribution in [0.3, 0.4) is 0 Å². The van der Waals surface area contributed by atoms with Crippen LogP contribution < -0.4 is 0 Å². The van der Waals surface area contributed by atoms with Gasteiger partial charge in [-0.15, -0.1) is 5.10 Å². The Kier molecular flexibility index (Phi) is 5.48. The van der Waals surface area contributed by atoms with Gasteiger partial charge in [0.15, 0.2) is 0 Å². The summed E-state index contributed by atoms with van der Waals surface area (Å²) in [5.74, 6) is -0.0266. The number of amides is 1. The van der Waals surface area contributed by atoms with E-state index in [-0.39, 0.29) is 11.9 Å². The van der Waals surface area contributed by atoms with E-state index in [0.29, 0.717) is 32.0 Å². The first-order valence-electron chi connectivity index (χ1n) is 9.58. The van der Waals surface area contributed by atoms with E-state index in [2.05, 4.69) is 15.4 Å². The number of likely N-dealkylation sites (tertiary alicyclic amines) is 1. The lowest BCUT2D eigenvalue weighted by Crippen LogP contribution is -2.29. The van der Waals surface area contributed by atoms with Gasteiger partial charge in [-0.2, -0.15) is 5.10 Å². The quantitative estimate of drug-likeness (QED) is 0.628. The summed E-state index contributed by atoms with van der Waals surface area (Å²) in [4.78, 5) is 14.5. The van der Waals surface area contributed by atoms with E-state index in [1.165, 1.54) is 0 Å². The third-order valence-electron chi connectivity index (χ3n) is 4.93. The average molecular weight is 380 g/mol. The highest BCUT2D eigenvalue weighted by Crippen LogP contribution is 2.22. The van der Waals surface area contributed by atoms with Crippen molar-refractivity contribution in [2.24, 2.45) is 0 Å². The van der Waals surface area contributed by atoms with Crippen molar-refractivity contribution in [2.75, 3.05) is 13.1 Å². The van der Waals surface area contributed by atoms with Crippen LogP contribution in [0.15, 0.2) is 48.8 Å². The number of nitrogens with zero attached hydrogens (tertiary/aromatic N) is 6. The molecule has 1 amide bonds. The van der Waals surface area contributed by atoms with Crippen molar-refractivity contribution in [3.8, 4) is 0 Å². The number of rotatable bonds is 7. The molecule has 1 aromatic carbocycles. The summed E-state index contributed by atoms with van der Waals surface area (Å²) in [7, 11) is 0. The minimum absolute atomic E-state index is 0.0266. The molecule has 0 N–H and O–H groups in total. The van der Waals surface area contributed by atoms with Gasteiger partial charge in [0.25, 0.3) is 5.91 Å². The van der Waals surface area contributed by atoms with E-state index in [4.69, 9.17) is 4.74 Å². The van der Waals surface area contributed by atoms with E-state index >= 15 is 0 Å². The predicted molar refractivity (Wildman–Crippen MR) is 102 cm³/mol. The van der Waals surface area contributed by atoms with Crippen LogP contribution >= 0.6 is 0 Å². The zero-order valence-electron chi connectivity index (χ0n) is 15.9. The normalized spacial score (nSPS) is 16.6. The van der Waals surface area contributed by atoms with Gasteiger partial charge in [-0.25, -0.2) is 4.68 Å². The lowest BCUT2D eigenvalue weighted by atomic mass is 10.2. The van der Waals surface area contributed by atoms with Crippen LogP contribution in [0, 0.1) is 0 Å². The molecule has 4 rings (SSSR count). The molecular weight excluding hydrogens is 356 g/mol. The number of aromatic nitrogens is 5. The molecule has 1 atom stereocenters. The van der Waals surface area contributed by atoms with Crippen molar-refractivity contribution in [1.82, 2.24) is 29.7 Å². The van der Waals surface area contributed by atoms with E-state index in [1.54, 1.807) is 10.7 Å². The standard InChI is InChI=1S/C20H24N6O2/c1-2-25-11-9-19(22-25)20(27)24-10-8-18(13-24)26-12-17(21-23-26)15-28-14-16-6-4-3-5-7-16/h3-7,9,11-12,18H,2,8,10,13-15H2,1H3. The second-order valence-corrected chi connectivity index (χ2v) is 6.92. The highest BCUT2D eigenvalue weighted by atomic mass is 16.5. The molecule has 2 aromatic heterocycles. The Morgan fingerprint density at radius 2 is 2.07 bits per heavy atom. The summed E-state index contributed by atoms with van der Waals surface area (Å²) in [6, 6.07) is 11.9. The van der Waals surface area contributed by atoms with E-state index in [0.717, 1.165) is 24.2 Å². The number of hydrogen-bond acceptors (Lipinski definition) is 5. The van der Waals surface area contributed by atoms with Crippen molar-refractivity contribution < 1.29 is 9.53 Å². The topological polar surface area (TPSA) is 78.1 Å². The maximum Gasteiger partial charge on any atom is 0.274 e. The van der Waals surface area contributed by atoms with Crippen LogP contribution in [0.2, 0.25) is 0 Å². The Morgan fingerprint density at radius 3 is 2.86 bits per heavy atom. The lowest BCUT2D eigenvalue weighted by Gasteiger charge is -2.15. The molecule has 0 bridgehead atoms. The van der Waals surface area contributed by atoms with Crippen LogP contribution in [-0.2, 0) is 24.5 Å². The molecule has 0 saturated carbocycles. The zero-order chi connectivity index (χ0) is 19.3. The molecule has 28 heavy (non-hydrogen) atoms. The molecule has 146 valence electrons. The maximum atomic E-state index is 12.6. The van der Waals surface area contributed by atoms with Crippen molar-refractivity contribution in [2.45, 2.75) is 39.1 Å². The van der Waals surface area contributed by atoms with Crippen LogP contribution in [-0.4, -0.2) is 48.7 Å². The molecular formula is C20H24N6O2. The van der Waals surface area contributed by atoms with Crippen molar-refractivity contribution >= 4 is 5.91 Å². The van der Waals surface area contributed by atoms with Crippen molar-refractivity contribution in [1.29, 1.82) is 0 Å². The van der Waals surface area contributed by atoms with E-state index < -0.39 is 0 Å². The molecule has 3 heterocycles. The number of aryl methyl sites for hydroxylation is 1. The van der Waals surface area contributed by atoms with Gasteiger partial charge in [0.1, 0.15) is 11.4 Å². The molecule has 1 fully saturated rings. The first-order chi connectivity index (χ1) is 13.7. The summed E-state index contributed by atoms with van der Waals surface area (Å²) in [6.45, 7) is 5.03. The van der Waals surface area contributed by atoms with Crippen LogP contribution in [0.4, 0.5) is 0 Å². The molecule has 3 aromatic rings. The largest absolute Gasteiger partial charge is 0.370 e. The van der Waals surface area contributed by atoms with Gasteiger partial charge in [0, 0.05) is 25.8 Å². The Labute approximate surface area is 163 Å². The van der Waals surface area contributed by atoms with Gasteiger partial charge < -0.3 is 9.64 Å². The number of carbonyl (C=O) groups is 1. The summed E-state index contributed by atoms with van der Waals surface area (Å²) >= 11 is 0. The fourth-order valence-corrected chi connectivity index (χ4v) is 3.36. The smallest absolute Gasteiger partial charge is 0.274 e. The highest BCUT2D eigenvalue weighted by molar-refractivity contribution is 5.92. The Morgan fingerprint density at radius 1 is 1.21 bits per heavy atom. The average Bonchev–Trinajstić information content (AvgIpc) is 3.48. The Balaban J connectivity index is 1.30. The minimum Gasteiger partial charge on any atom is -0.370 e. The summed E-state index contributed by atoms with van der Waals surface area (Å²) in [5.41, 5.74) is 2.42. The third-order valence-corrected chi connectivity index (χ3v) is 4.93. The number of benzene rings is 1. The summed E-state index contributed by atoms with van der Waals surface area (Å²) in [6.07, 6.45) is 4.60. The molecule has 0 spiro atoms. The fraction of sp³-hybridized carbons (Fsp3) is 0.400. The van der Waals surface area contributed by atoms with Gasteiger partial charge in [0.2, 0.25) is 0 Å². The van der Waals surface area contributed by atoms with Gasteiger partial charge >= 0.3 is 0 Å². The van der Waals surface area contributed by atoms with Gasteiger partial charge in [0.05, 0.1) is 25.5 Å². The zero-order valence-corrected chi connectivity index (χ0v) is 15.9. The second-order valence-electron chi connectivity index (χ2n) is 6.92. The Bertz CT molecular complexity index is 920. The van der Waals surface area contributed by atoms with Gasteiger partial charge in [-0.05, 0) is 25.0 Å². The van der Waals surface area contributed by atoms with Gasteiger partial charge in [-0.1, -0.05) is 35.5 Å². The number of hydrogen-bond donors (Lipinski definition) is 0. The molecule has 0 radical (unpaired) electrons. The molecule has 1 unspecified atom stereocenters.